The zero-order valence-corrected chi connectivity index (χ0v) is 15.5. The molecule has 0 spiro atoms. The molecule has 3 rings (SSSR count). The molecule has 1 aliphatic rings. The fourth-order valence-electron chi connectivity index (χ4n) is 2.96. The monoisotopic (exact) mass is 378 g/mol. The first-order valence-electron chi connectivity index (χ1n) is 7.88. The van der Waals surface area contributed by atoms with E-state index in [1.807, 2.05) is 0 Å². The Morgan fingerprint density at radius 2 is 1.92 bits per heavy atom. The Kier molecular flexibility index (Phi) is 4.86. The quantitative estimate of drug-likeness (QED) is 0.802. The van der Waals surface area contributed by atoms with Gasteiger partial charge < -0.3 is 9.47 Å². The van der Waals surface area contributed by atoms with Crippen molar-refractivity contribution < 1.29 is 22.3 Å². The van der Waals surface area contributed by atoms with Crippen LogP contribution in [0.5, 0.6) is 11.5 Å². The number of hydrazone groups is 1. The molecule has 0 N–H and O–H groups in total. The Morgan fingerprint density at radius 1 is 1.15 bits per heavy atom. The molecule has 138 valence electrons. The van der Waals surface area contributed by atoms with Crippen molar-refractivity contribution >= 4 is 15.7 Å². The molecule has 6 nitrogen and oxygen atoms in total. The smallest absolute Gasteiger partial charge is 0.247 e. The number of hydrogen-bond acceptors (Lipinski definition) is 5. The van der Waals surface area contributed by atoms with Gasteiger partial charge in [0.25, 0.3) is 0 Å². The minimum absolute atomic E-state index is 0.305. The maximum Gasteiger partial charge on any atom is 0.247 e. The average Bonchev–Trinajstić information content (AvgIpc) is 3.06. The summed E-state index contributed by atoms with van der Waals surface area (Å²) >= 11 is 0. The Hall–Kier alpha value is -2.61. The van der Waals surface area contributed by atoms with Crippen molar-refractivity contribution in [3.8, 4) is 11.5 Å². The van der Waals surface area contributed by atoms with E-state index in [4.69, 9.17) is 9.47 Å². The largest absolute Gasteiger partial charge is 0.497 e. The molecule has 0 aromatic heterocycles. The van der Waals surface area contributed by atoms with E-state index >= 15 is 0 Å². The topological polar surface area (TPSA) is 68.2 Å². The second-order valence-corrected chi connectivity index (χ2v) is 7.76. The molecule has 26 heavy (non-hydrogen) atoms. The lowest BCUT2D eigenvalue weighted by Gasteiger charge is -2.21. The summed E-state index contributed by atoms with van der Waals surface area (Å²) in [5.41, 5.74) is 1.76. The SMILES string of the molecule is COc1ccc(C2=NN(S(C)(=O)=O)[C@@H](c3cccc(F)c3)C2)c(OC)c1. The molecular formula is C18H19FN2O4S. The molecule has 0 saturated heterocycles. The summed E-state index contributed by atoms with van der Waals surface area (Å²) in [5.74, 6) is 0.716. The molecule has 8 heteroatoms. The summed E-state index contributed by atoms with van der Waals surface area (Å²) in [6.45, 7) is 0. The van der Waals surface area contributed by atoms with Crippen molar-refractivity contribution in [2.24, 2.45) is 5.10 Å². The number of rotatable bonds is 5. The van der Waals surface area contributed by atoms with Crippen LogP contribution in [-0.4, -0.2) is 39.0 Å². The number of sulfonamides is 1. The van der Waals surface area contributed by atoms with Crippen LogP contribution in [0.15, 0.2) is 47.6 Å². The third kappa shape index (κ3) is 3.50. The van der Waals surface area contributed by atoms with Gasteiger partial charge in [0.1, 0.15) is 17.3 Å². The number of nitrogens with zero attached hydrogens (tertiary/aromatic N) is 2. The van der Waals surface area contributed by atoms with Gasteiger partial charge >= 0.3 is 0 Å². The normalized spacial score (nSPS) is 17.2. The first-order valence-corrected chi connectivity index (χ1v) is 9.73. The molecule has 0 saturated carbocycles. The maximum absolute atomic E-state index is 13.6. The minimum Gasteiger partial charge on any atom is -0.497 e. The van der Waals surface area contributed by atoms with Gasteiger partial charge in [0.05, 0.1) is 32.2 Å². The number of ether oxygens (including phenoxy) is 2. The van der Waals surface area contributed by atoms with Gasteiger partial charge in [-0.25, -0.2) is 12.8 Å². The Bertz CT molecular complexity index is 959. The lowest BCUT2D eigenvalue weighted by atomic mass is 9.98. The summed E-state index contributed by atoms with van der Waals surface area (Å²) in [6.07, 6.45) is 1.39. The number of hydrogen-bond donors (Lipinski definition) is 0. The van der Waals surface area contributed by atoms with Crippen molar-refractivity contribution in [3.63, 3.8) is 0 Å². The van der Waals surface area contributed by atoms with Crippen LogP contribution in [0.1, 0.15) is 23.6 Å². The van der Waals surface area contributed by atoms with Gasteiger partial charge in [-0.1, -0.05) is 12.1 Å². The number of halogens is 1. The van der Waals surface area contributed by atoms with Crippen LogP contribution in [0, 0.1) is 5.82 Å². The molecule has 0 radical (unpaired) electrons. The van der Waals surface area contributed by atoms with Crippen LogP contribution in [0.2, 0.25) is 0 Å². The highest BCUT2D eigenvalue weighted by Crippen LogP contribution is 2.37. The highest BCUT2D eigenvalue weighted by Gasteiger charge is 2.35. The van der Waals surface area contributed by atoms with Crippen molar-refractivity contribution in [2.45, 2.75) is 12.5 Å². The molecule has 0 fully saturated rings. The molecular weight excluding hydrogens is 359 g/mol. The van der Waals surface area contributed by atoms with Crippen LogP contribution in [-0.2, 0) is 10.0 Å². The van der Waals surface area contributed by atoms with E-state index in [0.717, 1.165) is 10.7 Å². The first-order chi connectivity index (χ1) is 12.3. The zero-order chi connectivity index (χ0) is 18.9. The number of methoxy groups -OCH3 is 2. The van der Waals surface area contributed by atoms with Gasteiger partial charge in [-0.05, 0) is 29.8 Å². The van der Waals surface area contributed by atoms with Gasteiger partial charge in [0.15, 0.2) is 0 Å². The third-order valence-corrected chi connectivity index (χ3v) is 5.18. The molecule has 1 atom stereocenters. The predicted molar refractivity (Wildman–Crippen MR) is 96.5 cm³/mol. The van der Waals surface area contributed by atoms with Crippen LogP contribution in [0.3, 0.4) is 0 Å². The van der Waals surface area contributed by atoms with Gasteiger partial charge in [0, 0.05) is 18.1 Å². The fourth-order valence-corrected chi connectivity index (χ4v) is 3.86. The highest BCUT2D eigenvalue weighted by molar-refractivity contribution is 7.88. The van der Waals surface area contributed by atoms with E-state index in [0.29, 0.717) is 34.8 Å². The molecule has 1 heterocycles. The molecule has 2 aromatic rings. The maximum atomic E-state index is 13.6. The molecule has 0 bridgehead atoms. The second kappa shape index (κ2) is 6.95. The first kappa shape index (κ1) is 18.2. The Labute approximate surface area is 151 Å². The number of benzene rings is 2. The molecule has 2 aromatic carbocycles. The lowest BCUT2D eigenvalue weighted by Crippen LogP contribution is -2.26. The van der Waals surface area contributed by atoms with Crippen LogP contribution < -0.4 is 9.47 Å². The van der Waals surface area contributed by atoms with Crippen LogP contribution >= 0.6 is 0 Å². The second-order valence-electron chi connectivity index (χ2n) is 5.92. The van der Waals surface area contributed by atoms with E-state index in [1.54, 1.807) is 37.4 Å². The summed E-state index contributed by atoms with van der Waals surface area (Å²) in [4.78, 5) is 0. The minimum atomic E-state index is -3.63. The van der Waals surface area contributed by atoms with E-state index in [1.165, 1.54) is 19.2 Å². The van der Waals surface area contributed by atoms with Crippen LogP contribution in [0.4, 0.5) is 4.39 Å². The summed E-state index contributed by atoms with van der Waals surface area (Å²) in [6, 6.07) is 10.5. The van der Waals surface area contributed by atoms with E-state index in [-0.39, 0.29) is 0 Å². The van der Waals surface area contributed by atoms with Crippen LogP contribution in [0.25, 0.3) is 0 Å². The highest BCUT2D eigenvalue weighted by atomic mass is 32.2. The summed E-state index contributed by atoms with van der Waals surface area (Å²) in [7, 11) is -0.560. The standard InChI is InChI=1S/C18H19FN2O4S/c1-24-14-7-8-15(18(10-14)25-2)16-11-17(21(20-16)26(3,22)23)12-5-4-6-13(19)9-12/h4-10,17H,11H2,1-3H3/t17-/m1/s1. The van der Waals surface area contributed by atoms with Gasteiger partial charge in [-0.15, -0.1) is 0 Å². The van der Waals surface area contributed by atoms with Crippen molar-refractivity contribution in [1.82, 2.24) is 4.41 Å². The van der Waals surface area contributed by atoms with E-state index in [2.05, 4.69) is 5.10 Å². The molecule has 1 aliphatic heterocycles. The van der Waals surface area contributed by atoms with E-state index < -0.39 is 21.9 Å². The Morgan fingerprint density at radius 3 is 2.54 bits per heavy atom. The van der Waals surface area contributed by atoms with Crippen molar-refractivity contribution in [1.29, 1.82) is 0 Å². The summed E-state index contributed by atoms with van der Waals surface area (Å²) < 4.78 is 49.6. The van der Waals surface area contributed by atoms with Crippen molar-refractivity contribution in [2.75, 3.05) is 20.5 Å². The van der Waals surface area contributed by atoms with Gasteiger partial charge in [-0.2, -0.15) is 9.52 Å². The lowest BCUT2D eigenvalue weighted by molar-refractivity contribution is 0.373. The Balaban J connectivity index is 2.05. The summed E-state index contributed by atoms with van der Waals surface area (Å²) in [5, 5.41) is 4.30. The van der Waals surface area contributed by atoms with Gasteiger partial charge in [-0.3, -0.25) is 0 Å². The van der Waals surface area contributed by atoms with E-state index in [9.17, 15) is 12.8 Å². The molecule has 0 amide bonds. The predicted octanol–water partition coefficient (Wildman–Crippen LogP) is 2.95. The molecule has 0 unspecified atom stereocenters. The molecule has 0 aliphatic carbocycles. The van der Waals surface area contributed by atoms with Crippen molar-refractivity contribution in [3.05, 3.63) is 59.4 Å². The third-order valence-electron chi connectivity index (χ3n) is 4.17. The fraction of sp³-hybridized carbons (Fsp3) is 0.278. The zero-order valence-electron chi connectivity index (χ0n) is 14.6. The van der Waals surface area contributed by atoms with Gasteiger partial charge in [0.2, 0.25) is 10.0 Å². The average molecular weight is 378 g/mol.